The van der Waals surface area contributed by atoms with Crippen LogP contribution in [0.25, 0.3) is 22.3 Å². The molecule has 4 aromatic rings. The van der Waals surface area contributed by atoms with E-state index in [1.54, 1.807) is 36.6 Å². The molecule has 0 saturated heterocycles. The molecule has 0 aliphatic carbocycles. The van der Waals surface area contributed by atoms with Crippen molar-refractivity contribution in [2.24, 2.45) is 0 Å². The predicted molar refractivity (Wildman–Crippen MR) is 130 cm³/mol. The molecule has 0 saturated carbocycles. The first-order valence-electron chi connectivity index (χ1n) is 10.2. The zero-order valence-electron chi connectivity index (χ0n) is 18.0. The van der Waals surface area contributed by atoms with Gasteiger partial charge in [0.2, 0.25) is 0 Å². The summed E-state index contributed by atoms with van der Waals surface area (Å²) in [5.74, 6) is -0.601. The second kappa shape index (κ2) is 9.60. The zero-order chi connectivity index (χ0) is 23.5. The average Bonchev–Trinajstić information content (AvgIpc) is 3.12. The van der Waals surface area contributed by atoms with Crippen LogP contribution in [0.15, 0.2) is 71.6 Å². The minimum Gasteiger partial charge on any atom is -0.288 e. The van der Waals surface area contributed by atoms with Gasteiger partial charge in [-0.2, -0.15) is 0 Å². The van der Waals surface area contributed by atoms with E-state index in [0.717, 1.165) is 33.8 Å². The van der Waals surface area contributed by atoms with Crippen molar-refractivity contribution in [1.82, 2.24) is 15.3 Å². The number of para-hydroxylation sites is 1. The lowest BCUT2D eigenvalue weighted by Gasteiger charge is -2.12. The standard InChI is InChI=1S/C17H15ClN2OS.C8H5NO2/c1-3-13-16(11-7-4-5-10-15(11)22(2)21)20-17-12(18)8-6-9-14(17)19-13;10-7-5-3-1-2-4-6(5)8(11)9-7/h4-10H,3H2,1-2H3;1-4H,(H,9,10,11). The third-order valence-electron chi connectivity index (χ3n) is 5.15. The highest BCUT2D eigenvalue weighted by atomic mass is 35.5. The van der Waals surface area contributed by atoms with Gasteiger partial charge in [0.05, 0.1) is 43.9 Å². The smallest absolute Gasteiger partial charge is 0.258 e. The van der Waals surface area contributed by atoms with Gasteiger partial charge in [0.15, 0.2) is 0 Å². The number of rotatable bonds is 3. The van der Waals surface area contributed by atoms with Crippen molar-refractivity contribution in [1.29, 1.82) is 0 Å². The molecule has 1 atom stereocenters. The molecule has 1 N–H and O–H groups in total. The van der Waals surface area contributed by atoms with Crippen LogP contribution in [0, 0.1) is 0 Å². The van der Waals surface area contributed by atoms with Crippen molar-refractivity contribution < 1.29 is 13.8 Å². The van der Waals surface area contributed by atoms with Gasteiger partial charge in [-0.1, -0.05) is 54.9 Å². The van der Waals surface area contributed by atoms with Crippen molar-refractivity contribution in [2.45, 2.75) is 18.2 Å². The average molecular weight is 478 g/mol. The van der Waals surface area contributed by atoms with Gasteiger partial charge in [-0.3, -0.25) is 19.1 Å². The summed E-state index contributed by atoms with van der Waals surface area (Å²) in [5, 5.41) is 2.78. The Morgan fingerprint density at radius 2 is 1.45 bits per heavy atom. The number of carbonyl (C=O) groups excluding carboxylic acids is 2. The first-order chi connectivity index (χ1) is 15.9. The zero-order valence-corrected chi connectivity index (χ0v) is 19.5. The fourth-order valence-electron chi connectivity index (χ4n) is 3.57. The number of hydrogen-bond acceptors (Lipinski definition) is 5. The van der Waals surface area contributed by atoms with Crippen LogP contribution in [0.2, 0.25) is 5.02 Å². The third-order valence-corrected chi connectivity index (χ3v) is 6.43. The highest BCUT2D eigenvalue weighted by Crippen LogP contribution is 2.30. The highest BCUT2D eigenvalue weighted by molar-refractivity contribution is 7.84. The summed E-state index contributed by atoms with van der Waals surface area (Å²) in [6.45, 7) is 2.04. The number of benzene rings is 3. The molecule has 3 aromatic carbocycles. The lowest BCUT2D eigenvalue weighted by Crippen LogP contribution is -2.19. The van der Waals surface area contributed by atoms with Crippen LogP contribution in [-0.4, -0.2) is 32.2 Å². The Morgan fingerprint density at radius 3 is 2.06 bits per heavy atom. The lowest BCUT2D eigenvalue weighted by molar-refractivity contribution is 0.0879. The molecule has 0 fully saturated rings. The molecule has 1 aromatic heterocycles. The monoisotopic (exact) mass is 477 g/mol. The number of nitrogens with one attached hydrogen (secondary N) is 1. The summed E-state index contributed by atoms with van der Waals surface area (Å²) in [6.07, 6.45) is 2.42. The number of fused-ring (bicyclic) bond motifs is 2. The van der Waals surface area contributed by atoms with Crippen LogP contribution >= 0.6 is 11.6 Å². The normalized spacial score (nSPS) is 13.2. The molecule has 1 unspecified atom stereocenters. The maximum absolute atomic E-state index is 12.0. The molecule has 1 aliphatic rings. The Hall–Kier alpha value is -3.42. The number of hydrogen-bond donors (Lipinski definition) is 1. The minimum absolute atomic E-state index is 0.300. The SMILES string of the molecule is CCc1nc2cccc(Cl)c2nc1-c1ccccc1S(C)=O.O=C1NC(=O)c2ccccc21. The van der Waals surface area contributed by atoms with Crippen LogP contribution in [0.4, 0.5) is 0 Å². The summed E-state index contributed by atoms with van der Waals surface area (Å²) in [7, 11) is -1.09. The Kier molecular flexibility index (Phi) is 6.62. The van der Waals surface area contributed by atoms with E-state index in [2.05, 4.69) is 10.3 Å². The molecule has 0 spiro atoms. The molecule has 33 heavy (non-hydrogen) atoms. The van der Waals surface area contributed by atoms with Gasteiger partial charge in [0.1, 0.15) is 5.52 Å². The second-order valence-corrected chi connectivity index (χ2v) is 9.01. The molecule has 5 rings (SSSR count). The molecule has 2 heterocycles. The Bertz CT molecular complexity index is 1390. The molecule has 0 radical (unpaired) electrons. The van der Waals surface area contributed by atoms with Gasteiger partial charge in [-0.05, 0) is 36.8 Å². The number of halogens is 1. The van der Waals surface area contributed by atoms with E-state index in [4.69, 9.17) is 16.6 Å². The number of carbonyl (C=O) groups is 2. The Labute approximate surface area is 198 Å². The van der Waals surface area contributed by atoms with Crippen molar-refractivity contribution >= 4 is 45.2 Å². The highest BCUT2D eigenvalue weighted by Gasteiger charge is 2.25. The van der Waals surface area contributed by atoms with Gasteiger partial charge in [0.25, 0.3) is 11.8 Å². The summed E-state index contributed by atoms with van der Waals surface area (Å²) in [5.41, 5.74) is 4.89. The van der Waals surface area contributed by atoms with Crippen molar-refractivity contribution in [3.8, 4) is 11.3 Å². The number of aromatic nitrogens is 2. The molecule has 0 bridgehead atoms. The number of nitrogens with zero attached hydrogens (tertiary/aromatic N) is 2. The van der Waals surface area contributed by atoms with E-state index in [0.29, 0.717) is 21.7 Å². The van der Waals surface area contributed by atoms with Crippen molar-refractivity contribution in [2.75, 3.05) is 6.26 Å². The van der Waals surface area contributed by atoms with Crippen LogP contribution in [-0.2, 0) is 17.2 Å². The maximum atomic E-state index is 12.0. The fourth-order valence-corrected chi connectivity index (χ4v) is 4.53. The van der Waals surface area contributed by atoms with E-state index in [1.165, 1.54) is 0 Å². The lowest BCUT2D eigenvalue weighted by atomic mass is 10.1. The van der Waals surface area contributed by atoms with Crippen molar-refractivity contribution in [3.05, 3.63) is 88.6 Å². The third kappa shape index (κ3) is 4.55. The Balaban J connectivity index is 0.000000196. The minimum atomic E-state index is -1.09. The van der Waals surface area contributed by atoms with Gasteiger partial charge >= 0.3 is 0 Å². The second-order valence-electron chi connectivity index (χ2n) is 7.26. The van der Waals surface area contributed by atoms with Crippen LogP contribution in [0.3, 0.4) is 0 Å². The molecule has 6 nitrogen and oxygen atoms in total. The van der Waals surface area contributed by atoms with E-state index in [9.17, 15) is 13.8 Å². The summed E-state index contributed by atoms with van der Waals surface area (Å²) in [6, 6.07) is 19.9. The van der Waals surface area contributed by atoms with Gasteiger partial charge in [0, 0.05) is 16.7 Å². The van der Waals surface area contributed by atoms with Gasteiger partial charge < -0.3 is 0 Å². The summed E-state index contributed by atoms with van der Waals surface area (Å²) in [4.78, 5) is 32.1. The van der Waals surface area contributed by atoms with Crippen LogP contribution in [0.5, 0.6) is 0 Å². The van der Waals surface area contributed by atoms with Crippen molar-refractivity contribution in [3.63, 3.8) is 0 Å². The predicted octanol–water partition coefficient (Wildman–Crippen LogP) is 4.82. The van der Waals surface area contributed by atoms with Gasteiger partial charge in [-0.15, -0.1) is 0 Å². The van der Waals surface area contributed by atoms with E-state index < -0.39 is 10.8 Å². The molecule has 2 amide bonds. The van der Waals surface area contributed by atoms with E-state index in [1.807, 2.05) is 43.3 Å². The van der Waals surface area contributed by atoms with Crippen LogP contribution < -0.4 is 5.32 Å². The number of amides is 2. The molecule has 166 valence electrons. The van der Waals surface area contributed by atoms with Gasteiger partial charge in [-0.25, -0.2) is 9.97 Å². The molecular formula is C25H20ClN3O3S. The quantitative estimate of drug-likeness (QED) is 0.427. The summed E-state index contributed by atoms with van der Waals surface area (Å²) < 4.78 is 12.0. The topological polar surface area (TPSA) is 89.0 Å². The molecular weight excluding hydrogens is 458 g/mol. The number of imide groups is 1. The first-order valence-corrected chi connectivity index (χ1v) is 12.2. The molecule has 8 heteroatoms. The van der Waals surface area contributed by atoms with Crippen LogP contribution in [0.1, 0.15) is 33.3 Å². The summed E-state index contributed by atoms with van der Waals surface area (Å²) >= 11 is 6.25. The molecule has 1 aliphatic heterocycles. The number of aryl methyl sites for hydroxylation is 1. The van der Waals surface area contributed by atoms with E-state index >= 15 is 0 Å². The fraction of sp³-hybridized carbons (Fsp3) is 0.120. The largest absolute Gasteiger partial charge is 0.288 e. The van der Waals surface area contributed by atoms with E-state index in [-0.39, 0.29) is 11.8 Å². The maximum Gasteiger partial charge on any atom is 0.258 e. The Morgan fingerprint density at radius 1 is 0.848 bits per heavy atom. The first kappa shape index (κ1) is 22.8.